The normalized spacial score (nSPS) is 10.9. The minimum atomic E-state index is -4.66. The van der Waals surface area contributed by atoms with Crippen LogP contribution >= 0.6 is 15.9 Å². The molecule has 0 fully saturated rings. The van der Waals surface area contributed by atoms with E-state index in [4.69, 9.17) is 0 Å². The molecule has 4 N–H and O–H groups in total. The number of hydrazine groups is 1. The molecule has 0 unspecified atom stereocenters. The molecule has 0 bridgehead atoms. The molecule has 5 nitrogen and oxygen atoms in total. The SMILES string of the molecule is NNC(=O)C(=O)Nc1ccc(Br)cc1C(F)(F)F. The summed E-state index contributed by atoms with van der Waals surface area (Å²) in [7, 11) is 0. The van der Waals surface area contributed by atoms with Crippen LogP contribution in [0.15, 0.2) is 22.7 Å². The van der Waals surface area contributed by atoms with E-state index in [0.29, 0.717) is 0 Å². The predicted octanol–water partition coefficient (Wildman–Crippen LogP) is 1.40. The van der Waals surface area contributed by atoms with E-state index in [2.05, 4.69) is 21.8 Å². The number of hydrogen-bond acceptors (Lipinski definition) is 3. The second-order valence-corrected chi connectivity index (χ2v) is 4.03. The smallest absolute Gasteiger partial charge is 0.317 e. The van der Waals surface area contributed by atoms with Crippen molar-refractivity contribution < 1.29 is 22.8 Å². The van der Waals surface area contributed by atoms with E-state index in [9.17, 15) is 22.8 Å². The Morgan fingerprint density at radius 3 is 2.33 bits per heavy atom. The van der Waals surface area contributed by atoms with Crippen molar-refractivity contribution in [1.29, 1.82) is 0 Å². The number of halogens is 4. The van der Waals surface area contributed by atoms with E-state index in [0.717, 1.165) is 12.1 Å². The summed E-state index contributed by atoms with van der Waals surface area (Å²) in [6, 6.07) is 3.11. The molecule has 0 aliphatic carbocycles. The van der Waals surface area contributed by atoms with Crippen molar-refractivity contribution in [2.45, 2.75) is 6.18 Å². The highest BCUT2D eigenvalue weighted by Gasteiger charge is 2.34. The van der Waals surface area contributed by atoms with Crippen molar-refractivity contribution in [2.75, 3.05) is 5.32 Å². The molecule has 0 radical (unpaired) electrons. The topological polar surface area (TPSA) is 84.2 Å². The molecule has 0 aromatic heterocycles. The fourth-order valence-electron chi connectivity index (χ4n) is 1.10. The minimum absolute atomic E-state index is 0.191. The molecule has 0 aliphatic rings. The van der Waals surface area contributed by atoms with Gasteiger partial charge in [-0.2, -0.15) is 13.2 Å². The maximum Gasteiger partial charge on any atom is 0.418 e. The molecule has 1 aromatic rings. The van der Waals surface area contributed by atoms with Gasteiger partial charge in [0, 0.05) is 4.47 Å². The number of carbonyl (C=O) groups excluding carboxylic acids is 2. The third-order valence-corrected chi connectivity index (χ3v) is 2.37. The molecule has 0 spiro atoms. The number of anilines is 1. The number of benzene rings is 1. The molecule has 1 aromatic carbocycles. The van der Waals surface area contributed by atoms with Crippen molar-refractivity contribution in [3.8, 4) is 0 Å². The van der Waals surface area contributed by atoms with Gasteiger partial charge >= 0.3 is 18.0 Å². The Balaban J connectivity index is 3.10. The zero-order valence-corrected chi connectivity index (χ0v) is 10.2. The van der Waals surface area contributed by atoms with E-state index in [1.165, 1.54) is 11.5 Å². The highest BCUT2D eigenvalue weighted by Crippen LogP contribution is 2.36. The Morgan fingerprint density at radius 1 is 1.22 bits per heavy atom. The number of nitrogens with two attached hydrogens (primary N) is 1. The molecule has 9 heteroatoms. The van der Waals surface area contributed by atoms with Crippen molar-refractivity contribution in [3.05, 3.63) is 28.2 Å². The van der Waals surface area contributed by atoms with E-state index in [-0.39, 0.29) is 4.47 Å². The number of amides is 2. The van der Waals surface area contributed by atoms with E-state index in [1.807, 2.05) is 5.32 Å². The lowest BCUT2D eigenvalue weighted by Crippen LogP contribution is -2.39. The first-order chi connectivity index (χ1) is 8.25. The first-order valence-electron chi connectivity index (χ1n) is 4.44. The van der Waals surface area contributed by atoms with E-state index < -0.39 is 29.2 Å². The number of hydrogen-bond donors (Lipinski definition) is 3. The van der Waals surface area contributed by atoms with Crippen molar-refractivity contribution in [1.82, 2.24) is 5.43 Å². The van der Waals surface area contributed by atoms with Crippen molar-refractivity contribution in [3.63, 3.8) is 0 Å². The fraction of sp³-hybridized carbons (Fsp3) is 0.111. The Kier molecular flexibility index (Phi) is 4.30. The van der Waals surface area contributed by atoms with Crippen LogP contribution in [0.4, 0.5) is 18.9 Å². The van der Waals surface area contributed by atoms with Crippen LogP contribution in [-0.4, -0.2) is 11.8 Å². The number of rotatable bonds is 1. The maximum absolute atomic E-state index is 12.7. The molecular formula is C9H7BrF3N3O2. The molecule has 0 saturated heterocycles. The second kappa shape index (κ2) is 5.36. The van der Waals surface area contributed by atoms with Gasteiger partial charge in [0.2, 0.25) is 0 Å². The first kappa shape index (κ1) is 14.5. The molecule has 1 rings (SSSR count). The monoisotopic (exact) mass is 325 g/mol. The average molecular weight is 326 g/mol. The number of nitrogens with one attached hydrogen (secondary N) is 2. The van der Waals surface area contributed by atoms with Crippen LogP contribution in [0.5, 0.6) is 0 Å². The van der Waals surface area contributed by atoms with Crippen molar-refractivity contribution >= 4 is 33.4 Å². The lowest BCUT2D eigenvalue weighted by molar-refractivity contribution is -0.138. The van der Waals surface area contributed by atoms with Crippen LogP contribution in [0, 0.1) is 0 Å². The molecule has 0 atom stereocenters. The summed E-state index contributed by atoms with van der Waals surface area (Å²) in [6.45, 7) is 0. The Labute approximate surface area is 108 Å². The lowest BCUT2D eigenvalue weighted by atomic mass is 10.1. The summed E-state index contributed by atoms with van der Waals surface area (Å²) < 4.78 is 38.2. The highest BCUT2D eigenvalue weighted by atomic mass is 79.9. The van der Waals surface area contributed by atoms with E-state index in [1.54, 1.807) is 0 Å². The van der Waals surface area contributed by atoms with Gasteiger partial charge in [-0.1, -0.05) is 15.9 Å². The first-order valence-corrected chi connectivity index (χ1v) is 5.23. The molecular weight excluding hydrogens is 319 g/mol. The zero-order valence-electron chi connectivity index (χ0n) is 8.64. The van der Waals surface area contributed by atoms with Crippen LogP contribution in [0.3, 0.4) is 0 Å². The zero-order chi connectivity index (χ0) is 13.9. The molecule has 0 saturated carbocycles. The number of alkyl halides is 3. The largest absolute Gasteiger partial charge is 0.418 e. The molecule has 18 heavy (non-hydrogen) atoms. The summed E-state index contributed by atoms with van der Waals surface area (Å²) in [5.41, 5.74) is -0.0894. The van der Waals surface area contributed by atoms with Gasteiger partial charge in [-0.15, -0.1) is 0 Å². The van der Waals surface area contributed by atoms with Gasteiger partial charge in [-0.3, -0.25) is 15.0 Å². The van der Waals surface area contributed by atoms with Gasteiger partial charge < -0.3 is 5.32 Å². The second-order valence-electron chi connectivity index (χ2n) is 3.12. The average Bonchev–Trinajstić information content (AvgIpc) is 2.28. The van der Waals surface area contributed by atoms with E-state index >= 15 is 0 Å². The standard InChI is InChI=1S/C9H7BrF3N3O2/c10-4-1-2-6(5(3-4)9(11,12)13)15-7(17)8(18)16-14/h1-3H,14H2,(H,15,17)(H,16,18). The van der Waals surface area contributed by atoms with Gasteiger partial charge in [-0.05, 0) is 18.2 Å². The van der Waals surface area contributed by atoms with Gasteiger partial charge in [0.1, 0.15) is 0 Å². The Hall–Kier alpha value is -1.61. The quantitative estimate of drug-likeness (QED) is 0.316. The van der Waals surface area contributed by atoms with Crippen LogP contribution in [0.2, 0.25) is 0 Å². The van der Waals surface area contributed by atoms with Gasteiger partial charge in [0.15, 0.2) is 0 Å². The summed E-state index contributed by atoms with van der Waals surface area (Å²) in [5.74, 6) is 2.15. The Morgan fingerprint density at radius 2 is 1.83 bits per heavy atom. The predicted molar refractivity (Wildman–Crippen MR) is 60.1 cm³/mol. The van der Waals surface area contributed by atoms with Gasteiger partial charge in [0.25, 0.3) is 0 Å². The van der Waals surface area contributed by atoms with Gasteiger partial charge in [-0.25, -0.2) is 5.84 Å². The number of carbonyl (C=O) groups is 2. The summed E-state index contributed by atoms with van der Waals surface area (Å²) in [4.78, 5) is 21.9. The summed E-state index contributed by atoms with van der Waals surface area (Å²) in [6.07, 6.45) is -4.66. The summed E-state index contributed by atoms with van der Waals surface area (Å²) >= 11 is 2.89. The van der Waals surface area contributed by atoms with Gasteiger partial charge in [0.05, 0.1) is 11.3 Å². The Bertz CT molecular complexity index is 490. The minimum Gasteiger partial charge on any atom is -0.317 e. The highest BCUT2D eigenvalue weighted by molar-refractivity contribution is 9.10. The van der Waals surface area contributed by atoms with Crippen LogP contribution in [-0.2, 0) is 15.8 Å². The molecule has 0 aliphatic heterocycles. The fourth-order valence-corrected chi connectivity index (χ4v) is 1.47. The third kappa shape index (κ3) is 3.44. The van der Waals surface area contributed by atoms with Crippen molar-refractivity contribution in [2.24, 2.45) is 5.84 Å². The van der Waals surface area contributed by atoms with Crippen LogP contribution < -0.4 is 16.6 Å². The molecule has 98 valence electrons. The maximum atomic E-state index is 12.7. The summed E-state index contributed by atoms with van der Waals surface area (Å²) in [5, 5.41) is 1.82. The van der Waals surface area contributed by atoms with Crippen LogP contribution in [0.25, 0.3) is 0 Å². The molecule has 0 heterocycles. The van der Waals surface area contributed by atoms with Crippen LogP contribution in [0.1, 0.15) is 5.56 Å². The molecule has 2 amide bonds. The third-order valence-electron chi connectivity index (χ3n) is 1.87. The lowest BCUT2D eigenvalue weighted by Gasteiger charge is -2.13.